The van der Waals surface area contributed by atoms with E-state index in [4.69, 9.17) is 5.11 Å². The first kappa shape index (κ1) is 16.7. The van der Waals surface area contributed by atoms with Gasteiger partial charge in [0.05, 0.1) is 6.42 Å². The molecule has 0 spiro atoms. The number of aliphatic carboxylic acids is 1. The Morgan fingerprint density at radius 1 is 1.20 bits per heavy atom. The molecule has 0 amide bonds. The van der Waals surface area contributed by atoms with Gasteiger partial charge in [0, 0.05) is 19.1 Å². The monoisotopic (exact) mass is 277 g/mol. The Bertz CT molecular complexity index is 429. The Balaban J connectivity index is 2.71. The lowest BCUT2D eigenvalue weighted by molar-refractivity contribution is -0.137. The van der Waals surface area contributed by atoms with E-state index in [0.29, 0.717) is 12.6 Å². The molecule has 0 aliphatic carbocycles. The summed E-state index contributed by atoms with van der Waals surface area (Å²) in [5.41, 5.74) is 2.72. The van der Waals surface area contributed by atoms with Crippen LogP contribution in [0, 0.1) is 0 Å². The SMILES string of the molecule is CC(C)N(CCC(=O)O)Cc1ccc(C(C)(C)C)cc1. The fraction of sp³-hybridized carbons (Fsp3) is 0.588. The van der Waals surface area contributed by atoms with Gasteiger partial charge in [-0.2, -0.15) is 0 Å². The van der Waals surface area contributed by atoms with E-state index >= 15 is 0 Å². The van der Waals surface area contributed by atoms with E-state index in [1.807, 2.05) is 0 Å². The molecule has 1 rings (SSSR count). The fourth-order valence-electron chi connectivity index (χ4n) is 2.10. The molecule has 0 aliphatic heterocycles. The third-order valence-corrected chi connectivity index (χ3v) is 3.55. The summed E-state index contributed by atoms with van der Waals surface area (Å²) in [5.74, 6) is -0.737. The van der Waals surface area contributed by atoms with Crippen LogP contribution in [0.4, 0.5) is 0 Å². The molecule has 1 aromatic rings. The van der Waals surface area contributed by atoms with Crippen molar-refractivity contribution in [1.29, 1.82) is 0 Å². The molecule has 20 heavy (non-hydrogen) atoms. The fourth-order valence-corrected chi connectivity index (χ4v) is 2.10. The summed E-state index contributed by atoms with van der Waals surface area (Å²) in [6.45, 7) is 12.2. The zero-order valence-corrected chi connectivity index (χ0v) is 13.3. The molecule has 0 fully saturated rings. The highest BCUT2D eigenvalue weighted by Gasteiger charge is 2.15. The number of hydrogen-bond donors (Lipinski definition) is 1. The van der Waals surface area contributed by atoms with Crippen LogP contribution in [0.1, 0.15) is 52.2 Å². The van der Waals surface area contributed by atoms with Gasteiger partial charge in [-0.05, 0) is 30.4 Å². The molecule has 1 aromatic carbocycles. The number of benzene rings is 1. The molecular formula is C17H27NO2. The molecule has 3 heteroatoms. The Morgan fingerprint density at radius 2 is 1.75 bits per heavy atom. The Kier molecular flexibility index (Phi) is 5.75. The molecule has 0 radical (unpaired) electrons. The minimum absolute atomic E-state index is 0.166. The highest BCUT2D eigenvalue weighted by Crippen LogP contribution is 2.22. The van der Waals surface area contributed by atoms with Crippen LogP contribution in [0.15, 0.2) is 24.3 Å². The van der Waals surface area contributed by atoms with E-state index in [-0.39, 0.29) is 11.8 Å². The van der Waals surface area contributed by atoms with E-state index < -0.39 is 5.97 Å². The molecule has 0 atom stereocenters. The first-order chi connectivity index (χ1) is 9.20. The molecule has 0 aliphatic rings. The first-order valence-corrected chi connectivity index (χ1v) is 7.25. The zero-order chi connectivity index (χ0) is 15.3. The number of nitrogens with zero attached hydrogens (tertiary/aromatic N) is 1. The molecule has 1 N–H and O–H groups in total. The lowest BCUT2D eigenvalue weighted by atomic mass is 9.87. The third kappa shape index (κ3) is 5.33. The Hall–Kier alpha value is -1.35. The van der Waals surface area contributed by atoms with Crippen molar-refractivity contribution in [3.63, 3.8) is 0 Å². The quantitative estimate of drug-likeness (QED) is 0.862. The van der Waals surface area contributed by atoms with Crippen molar-refractivity contribution < 1.29 is 9.90 Å². The second-order valence-electron chi connectivity index (χ2n) is 6.65. The van der Waals surface area contributed by atoms with Crippen LogP contribution in [0.5, 0.6) is 0 Å². The van der Waals surface area contributed by atoms with Gasteiger partial charge in [-0.15, -0.1) is 0 Å². The normalized spacial score (nSPS) is 12.2. The zero-order valence-electron chi connectivity index (χ0n) is 13.3. The van der Waals surface area contributed by atoms with E-state index in [1.54, 1.807) is 0 Å². The molecule has 0 aromatic heterocycles. The largest absolute Gasteiger partial charge is 0.481 e. The third-order valence-electron chi connectivity index (χ3n) is 3.55. The van der Waals surface area contributed by atoms with Crippen molar-refractivity contribution in [2.45, 2.75) is 59.0 Å². The molecule has 3 nitrogen and oxygen atoms in total. The summed E-state index contributed by atoms with van der Waals surface area (Å²) in [5, 5.41) is 8.81. The van der Waals surface area contributed by atoms with Gasteiger partial charge in [0.1, 0.15) is 0 Å². The molecule has 0 saturated carbocycles. The van der Waals surface area contributed by atoms with Crippen LogP contribution in [0.2, 0.25) is 0 Å². The van der Waals surface area contributed by atoms with Crippen LogP contribution in [0.3, 0.4) is 0 Å². The molecule has 0 heterocycles. The van der Waals surface area contributed by atoms with Gasteiger partial charge in [-0.1, -0.05) is 45.0 Å². The van der Waals surface area contributed by atoms with Gasteiger partial charge < -0.3 is 5.11 Å². The van der Waals surface area contributed by atoms with Gasteiger partial charge in [-0.3, -0.25) is 9.69 Å². The van der Waals surface area contributed by atoms with E-state index in [1.165, 1.54) is 11.1 Å². The summed E-state index contributed by atoms with van der Waals surface area (Å²) in [6.07, 6.45) is 0.193. The lowest BCUT2D eigenvalue weighted by Gasteiger charge is -2.26. The second-order valence-corrected chi connectivity index (χ2v) is 6.65. The molecule has 0 bridgehead atoms. The summed E-state index contributed by atoms with van der Waals surface area (Å²) >= 11 is 0. The minimum Gasteiger partial charge on any atom is -0.481 e. The topological polar surface area (TPSA) is 40.5 Å². The average molecular weight is 277 g/mol. The van der Waals surface area contributed by atoms with E-state index in [9.17, 15) is 4.79 Å². The Morgan fingerprint density at radius 3 is 2.15 bits per heavy atom. The van der Waals surface area contributed by atoms with E-state index in [2.05, 4.69) is 63.8 Å². The number of carbonyl (C=O) groups is 1. The smallest absolute Gasteiger partial charge is 0.304 e. The van der Waals surface area contributed by atoms with Crippen molar-refractivity contribution >= 4 is 5.97 Å². The molecule has 0 saturated heterocycles. The van der Waals surface area contributed by atoms with E-state index in [0.717, 1.165) is 6.54 Å². The van der Waals surface area contributed by atoms with Gasteiger partial charge in [0.2, 0.25) is 0 Å². The number of carboxylic acid groups (broad SMARTS) is 1. The average Bonchev–Trinajstić information content (AvgIpc) is 2.33. The van der Waals surface area contributed by atoms with Crippen LogP contribution >= 0.6 is 0 Å². The van der Waals surface area contributed by atoms with Crippen molar-refractivity contribution in [2.75, 3.05) is 6.54 Å². The Labute approximate surface area is 122 Å². The van der Waals surface area contributed by atoms with Crippen LogP contribution < -0.4 is 0 Å². The summed E-state index contributed by atoms with van der Waals surface area (Å²) in [7, 11) is 0. The standard InChI is InChI=1S/C17H27NO2/c1-13(2)18(11-10-16(19)20)12-14-6-8-15(9-7-14)17(3,4)5/h6-9,13H,10-12H2,1-5H3,(H,19,20). The maximum Gasteiger partial charge on any atom is 0.304 e. The highest BCUT2D eigenvalue weighted by molar-refractivity contribution is 5.66. The van der Waals surface area contributed by atoms with Crippen LogP contribution in [-0.2, 0) is 16.8 Å². The summed E-state index contributed by atoms with van der Waals surface area (Å²) in [4.78, 5) is 12.9. The van der Waals surface area contributed by atoms with Gasteiger partial charge in [0.15, 0.2) is 0 Å². The second kappa shape index (κ2) is 6.89. The highest BCUT2D eigenvalue weighted by atomic mass is 16.4. The molecule has 112 valence electrons. The maximum absolute atomic E-state index is 10.7. The molecule has 0 unspecified atom stereocenters. The van der Waals surface area contributed by atoms with Crippen molar-refractivity contribution in [1.82, 2.24) is 4.90 Å². The van der Waals surface area contributed by atoms with Crippen LogP contribution in [0.25, 0.3) is 0 Å². The molecular weight excluding hydrogens is 250 g/mol. The number of carboxylic acids is 1. The van der Waals surface area contributed by atoms with Crippen molar-refractivity contribution in [2.24, 2.45) is 0 Å². The first-order valence-electron chi connectivity index (χ1n) is 7.25. The minimum atomic E-state index is -0.737. The maximum atomic E-state index is 10.7. The number of hydrogen-bond acceptors (Lipinski definition) is 2. The van der Waals surface area contributed by atoms with Crippen molar-refractivity contribution in [3.8, 4) is 0 Å². The number of rotatable bonds is 6. The predicted molar refractivity (Wildman–Crippen MR) is 82.9 cm³/mol. The van der Waals surface area contributed by atoms with Crippen LogP contribution in [-0.4, -0.2) is 28.6 Å². The lowest BCUT2D eigenvalue weighted by Crippen LogP contribution is -2.32. The van der Waals surface area contributed by atoms with Crippen molar-refractivity contribution in [3.05, 3.63) is 35.4 Å². The van der Waals surface area contributed by atoms with Gasteiger partial charge in [-0.25, -0.2) is 0 Å². The van der Waals surface area contributed by atoms with Gasteiger partial charge >= 0.3 is 5.97 Å². The predicted octanol–water partition coefficient (Wildman–Crippen LogP) is 3.67. The summed E-state index contributed by atoms with van der Waals surface area (Å²) in [6, 6.07) is 8.99. The van der Waals surface area contributed by atoms with Gasteiger partial charge in [0.25, 0.3) is 0 Å². The summed E-state index contributed by atoms with van der Waals surface area (Å²) < 4.78 is 0.